The fourth-order valence-corrected chi connectivity index (χ4v) is 2.12. The summed E-state index contributed by atoms with van der Waals surface area (Å²) in [7, 11) is 0. The Hall–Kier alpha value is -1.89. The average molecular weight is 269 g/mol. The van der Waals surface area contributed by atoms with Crippen molar-refractivity contribution in [3.63, 3.8) is 0 Å². The smallest absolute Gasteiger partial charge is 0.315 e. The van der Waals surface area contributed by atoms with Crippen LogP contribution in [-0.4, -0.2) is 34.4 Å². The number of pyridine rings is 1. The number of alkyl halides is 3. The van der Waals surface area contributed by atoms with Gasteiger partial charge in [-0.15, -0.1) is 0 Å². The lowest BCUT2D eigenvalue weighted by atomic mass is 10.0. The maximum absolute atomic E-state index is 12.6. The lowest BCUT2D eigenvalue weighted by molar-refractivity contribution is -0.0887. The Labute approximate surface area is 106 Å². The fraction of sp³-hybridized carbons (Fsp3) is 0.333. The molecule has 0 bridgehead atoms. The van der Waals surface area contributed by atoms with Crippen molar-refractivity contribution in [1.29, 1.82) is 0 Å². The second-order valence-corrected chi connectivity index (χ2v) is 4.46. The molecule has 100 valence electrons. The Morgan fingerprint density at radius 1 is 1.37 bits per heavy atom. The number of hydrogen-bond acceptors (Lipinski definition) is 3. The number of rotatable bonds is 2. The van der Waals surface area contributed by atoms with Gasteiger partial charge >= 0.3 is 6.18 Å². The third-order valence-corrected chi connectivity index (χ3v) is 3.19. The SMILES string of the molecule is O=C(c1nc(C2CNC2)n2ccccc12)C(F)(F)F. The van der Waals surface area contributed by atoms with Crippen LogP contribution >= 0.6 is 0 Å². The first-order valence-corrected chi connectivity index (χ1v) is 5.77. The van der Waals surface area contributed by atoms with Crippen molar-refractivity contribution in [1.82, 2.24) is 14.7 Å². The molecule has 0 aromatic carbocycles. The van der Waals surface area contributed by atoms with E-state index in [1.165, 1.54) is 6.07 Å². The second kappa shape index (κ2) is 4.06. The highest BCUT2D eigenvalue weighted by molar-refractivity contribution is 6.04. The Morgan fingerprint density at radius 2 is 2.11 bits per heavy atom. The minimum absolute atomic E-state index is 0.0460. The molecule has 1 N–H and O–H groups in total. The number of ketones is 1. The summed E-state index contributed by atoms with van der Waals surface area (Å²) in [6.07, 6.45) is -3.27. The van der Waals surface area contributed by atoms with Gasteiger partial charge < -0.3 is 9.72 Å². The third kappa shape index (κ3) is 1.90. The van der Waals surface area contributed by atoms with E-state index in [2.05, 4.69) is 10.3 Å². The number of halogens is 3. The van der Waals surface area contributed by atoms with E-state index in [9.17, 15) is 18.0 Å². The molecule has 1 aliphatic rings. The highest BCUT2D eigenvalue weighted by atomic mass is 19.4. The van der Waals surface area contributed by atoms with Crippen molar-refractivity contribution < 1.29 is 18.0 Å². The molecule has 1 saturated heterocycles. The molecule has 0 atom stereocenters. The summed E-state index contributed by atoms with van der Waals surface area (Å²) in [5.74, 6) is -1.35. The number of carbonyl (C=O) groups excluding carboxylic acids is 1. The Morgan fingerprint density at radius 3 is 2.68 bits per heavy atom. The zero-order valence-electron chi connectivity index (χ0n) is 9.74. The van der Waals surface area contributed by atoms with E-state index in [0.717, 1.165) is 0 Å². The van der Waals surface area contributed by atoms with Crippen LogP contribution in [0.15, 0.2) is 24.4 Å². The number of imidazole rings is 1. The molecule has 0 saturated carbocycles. The van der Waals surface area contributed by atoms with Gasteiger partial charge in [-0.25, -0.2) is 4.98 Å². The van der Waals surface area contributed by atoms with Crippen LogP contribution in [0.5, 0.6) is 0 Å². The van der Waals surface area contributed by atoms with Crippen molar-refractivity contribution in [2.24, 2.45) is 0 Å². The zero-order chi connectivity index (χ0) is 13.6. The molecule has 1 aliphatic heterocycles. The van der Waals surface area contributed by atoms with Crippen molar-refractivity contribution in [2.45, 2.75) is 12.1 Å². The van der Waals surface area contributed by atoms with Gasteiger partial charge in [0.25, 0.3) is 5.78 Å². The molecular weight excluding hydrogens is 259 g/mol. The number of nitrogens with one attached hydrogen (secondary N) is 1. The van der Waals surface area contributed by atoms with Crippen LogP contribution in [0.2, 0.25) is 0 Å². The van der Waals surface area contributed by atoms with Crippen LogP contribution < -0.4 is 5.32 Å². The summed E-state index contributed by atoms with van der Waals surface area (Å²) in [6, 6.07) is 4.76. The second-order valence-electron chi connectivity index (χ2n) is 4.46. The van der Waals surface area contributed by atoms with Crippen LogP contribution in [0.4, 0.5) is 13.2 Å². The van der Waals surface area contributed by atoms with E-state index in [1.54, 1.807) is 22.7 Å². The van der Waals surface area contributed by atoms with Crippen LogP contribution in [0.25, 0.3) is 5.52 Å². The number of hydrogen-bond donors (Lipinski definition) is 1. The van der Waals surface area contributed by atoms with Crippen molar-refractivity contribution in [2.75, 3.05) is 13.1 Å². The summed E-state index contributed by atoms with van der Waals surface area (Å²) in [4.78, 5) is 15.3. The maximum Gasteiger partial charge on any atom is 0.456 e. The first-order valence-electron chi connectivity index (χ1n) is 5.77. The molecule has 0 amide bonds. The van der Waals surface area contributed by atoms with Crippen molar-refractivity contribution >= 4 is 11.3 Å². The van der Waals surface area contributed by atoms with Gasteiger partial charge in [-0.1, -0.05) is 6.07 Å². The molecule has 7 heteroatoms. The molecular formula is C12H10F3N3O. The highest BCUT2D eigenvalue weighted by Crippen LogP contribution is 2.27. The van der Waals surface area contributed by atoms with Gasteiger partial charge in [-0.3, -0.25) is 4.79 Å². The Balaban J connectivity index is 2.17. The van der Waals surface area contributed by atoms with Gasteiger partial charge in [0.2, 0.25) is 0 Å². The Kier molecular flexibility index (Phi) is 2.60. The van der Waals surface area contributed by atoms with Gasteiger partial charge in [-0.2, -0.15) is 13.2 Å². The topological polar surface area (TPSA) is 46.4 Å². The number of Topliss-reactive ketones (excluding diaryl/α,β-unsaturated/α-hetero) is 1. The summed E-state index contributed by atoms with van der Waals surface area (Å²) in [5, 5.41) is 3.03. The van der Waals surface area contributed by atoms with Crippen LogP contribution in [-0.2, 0) is 0 Å². The lowest BCUT2D eigenvalue weighted by Crippen LogP contribution is -2.40. The standard InChI is InChI=1S/C12H10F3N3O/c13-12(14,15)10(19)9-8-3-1-2-4-18(8)11(17-9)7-5-16-6-7/h1-4,7,16H,5-6H2. The van der Waals surface area contributed by atoms with E-state index >= 15 is 0 Å². The van der Waals surface area contributed by atoms with E-state index in [0.29, 0.717) is 18.9 Å². The molecule has 19 heavy (non-hydrogen) atoms. The molecule has 3 heterocycles. The summed E-state index contributed by atoms with van der Waals surface area (Å²) in [5.41, 5.74) is -0.318. The lowest BCUT2D eigenvalue weighted by Gasteiger charge is -2.25. The molecule has 4 nitrogen and oxygen atoms in total. The zero-order valence-corrected chi connectivity index (χ0v) is 9.74. The molecule has 0 aliphatic carbocycles. The minimum Gasteiger partial charge on any atom is -0.315 e. The van der Waals surface area contributed by atoms with Gasteiger partial charge in [0, 0.05) is 25.2 Å². The largest absolute Gasteiger partial charge is 0.456 e. The molecule has 2 aromatic rings. The monoisotopic (exact) mass is 269 g/mol. The van der Waals surface area contributed by atoms with Crippen molar-refractivity contribution in [3.05, 3.63) is 35.9 Å². The van der Waals surface area contributed by atoms with Crippen LogP contribution in [0.3, 0.4) is 0 Å². The quantitative estimate of drug-likeness (QED) is 0.845. The van der Waals surface area contributed by atoms with Crippen LogP contribution in [0.1, 0.15) is 22.2 Å². The number of carbonyl (C=O) groups is 1. The minimum atomic E-state index is -4.90. The maximum atomic E-state index is 12.6. The Bertz CT molecular complexity index is 643. The molecule has 0 unspecified atom stereocenters. The predicted octanol–water partition coefficient (Wildman–Crippen LogP) is 1.77. The fourth-order valence-electron chi connectivity index (χ4n) is 2.12. The summed E-state index contributed by atoms with van der Waals surface area (Å²) >= 11 is 0. The van der Waals surface area contributed by atoms with Gasteiger partial charge in [-0.05, 0) is 12.1 Å². The summed E-state index contributed by atoms with van der Waals surface area (Å²) < 4.78 is 39.2. The molecule has 2 aromatic heterocycles. The van der Waals surface area contributed by atoms with E-state index in [-0.39, 0.29) is 11.4 Å². The summed E-state index contributed by atoms with van der Waals surface area (Å²) in [6.45, 7) is 1.32. The molecule has 0 radical (unpaired) electrons. The average Bonchev–Trinajstić information content (AvgIpc) is 2.65. The van der Waals surface area contributed by atoms with Gasteiger partial charge in [0.05, 0.1) is 5.52 Å². The third-order valence-electron chi connectivity index (χ3n) is 3.19. The number of nitrogens with zero attached hydrogens (tertiary/aromatic N) is 2. The number of aromatic nitrogens is 2. The highest BCUT2D eigenvalue weighted by Gasteiger charge is 2.42. The molecule has 1 fully saturated rings. The number of fused-ring (bicyclic) bond motifs is 1. The first kappa shape index (κ1) is 12.2. The molecule has 0 spiro atoms. The van der Waals surface area contributed by atoms with E-state index in [1.807, 2.05) is 0 Å². The van der Waals surface area contributed by atoms with E-state index < -0.39 is 17.7 Å². The normalized spacial score (nSPS) is 16.6. The predicted molar refractivity (Wildman–Crippen MR) is 61.2 cm³/mol. The van der Waals surface area contributed by atoms with Gasteiger partial charge in [0.15, 0.2) is 0 Å². The van der Waals surface area contributed by atoms with Gasteiger partial charge in [0.1, 0.15) is 11.5 Å². The van der Waals surface area contributed by atoms with E-state index in [4.69, 9.17) is 0 Å². The first-order chi connectivity index (χ1) is 8.98. The van der Waals surface area contributed by atoms with Crippen LogP contribution in [0, 0.1) is 0 Å². The van der Waals surface area contributed by atoms with Crippen molar-refractivity contribution in [3.8, 4) is 0 Å². The molecule has 3 rings (SSSR count).